The second-order valence-electron chi connectivity index (χ2n) is 6.47. The van der Waals surface area contributed by atoms with Crippen LogP contribution >= 0.6 is 0 Å². The van der Waals surface area contributed by atoms with Gasteiger partial charge in [0.25, 0.3) is 5.91 Å². The number of nitrogens with one attached hydrogen (secondary N) is 1. The van der Waals surface area contributed by atoms with Crippen molar-refractivity contribution in [1.82, 2.24) is 4.98 Å². The van der Waals surface area contributed by atoms with Crippen molar-refractivity contribution in [3.05, 3.63) is 17.8 Å². The zero-order chi connectivity index (χ0) is 16.9. The number of amides is 1. The van der Waals surface area contributed by atoms with E-state index in [1.165, 1.54) is 0 Å². The Hall–Kier alpha value is -1.62. The Balaban J connectivity index is 2.07. The molecule has 0 bridgehead atoms. The van der Waals surface area contributed by atoms with Crippen LogP contribution in [0.3, 0.4) is 0 Å². The highest BCUT2D eigenvalue weighted by Crippen LogP contribution is 2.35. The molecule has 23 heavy (non-hydrogen) atoms. The molecule has 128 valence electrons. The van der Waals surface area contributed by atoms with Crippen molar-refractivity contribution in [3.63, 3.8) is 0 Å². The molecule has 5 nitrogen and oxygen atoms in total. The Morgan fingerprint density at radius 1 is 1.39 bits per heavy atom. The third-order valence-electron chi connectivity index (χ3n) is 4.65. The van der Waals surface area contributed by atoms with Gasteiger partial charge in [-0.1, -0.05) is 13.8 Å². The number of rotatable bonds is 6. The van der Waals surface area contributed by atoms with Crippen LogP contribution in [0.25, 0.3) is 0 Å². The van der Waals surface area contributed by atoms with Gasteiger partial charge < -0.3 is 14.8 Å². The molecule has 1 fully saturated rings. The van der Waals surface area contributed by atoms with Gasteiger partial charge in [-0.3, -0.25) is 4.79 Å². The summed E-state index contributed by atoms with van der Waals surface area (Å²) in [6, 6.07) is 3.64. The summed E-state index contributed by atoms with van der Waals surface area (Å²) in [6.07, 6.45) is 4.50. The van der Waals surface area contributed by atoms with E-state index < -0.39 is 5.60 Å². The van der Waals surface area contributed by atoms with Gasteiger partial charge in [0.05, 0.1) is 18.0 Å². The summed E-state index contributed by atoms with van der Waals surface area (Å²) in [7, 11) is 1.63. The molecule has 1 heterocycles. The molecule has 0 aromatic carbocycles. The third kappa shape index (κ3) is 4.22. The second-order valence-corrected chi connectivity index (χ2v) is 6.47. The molecule has 0 radical (unpaired) electrons. The van der Waals surface area contributed by atoms with Crippen molar-refractivity contribution in [3.8, 4) is 5.88 Å². The topological polar surface area (TPSA) is 60.5 Å². The first-order valence-corrected chi connectivity index (χ1v) is 8.48. The number of methoxy groups -OCH3 is 1. The Kier molecular flexibility index (Phi) is 5.99. The van der Waals surface area contributed by atoms with E-state index in [0.717, 1.165) is 37.8 Å². The van der Waals surface area contributed by atoms with Crippen LogP contribution in [0, 0.1) is 12.8 Å². The first kappa shape index (κ1) is 17.7. The van der Waals surface area contributed by atoms with Crippen LogP contribution in [0.2, 0.25) is 0 Å². The highest BCUT2D eigenvalue weighted by Gasteiger charge is 2.41. The molecule has 0 aliphatic heterocycles. The molecule has 1 aromatic rings. The third-order valence-corrected chi connectivity index (χ3v) is 4.65. The normalized spacial score (nSPS) is 24.3. The zero-order valence-electron chi connectivity index (χ0n) is 14.6. The molecule has 1 saturated carbocycles. The van der Waals surface area contributed by atoms with Crippen molar-refractivity contribution < 1.29 is 14.3 Å². The highest BCUT2D eigenvalue weighted by molar-refractivity contribution is 5.97. The van der Waals surface area contributed by atoms with Crippen LogP contribution in [0.1, 0.15) is 51.6 Å². The molecule has 1 aliphatic rings. The molecule has 1 amide bonds. The largest absolute Gasteiger partial charge is 0.478 e. The minimum Gasteiger partial charge on any atom is -0.478 e. The molecule has 5 heteroatoms. The number of ether oxygens (including phenoxy) is 2. The average molecular weight is 320 g/mol. The number of anilines is 1. The van der Waals surface area contributed by atoms with E-state index in [4.69, 9.17) is 9.47 Å². The summed E-state index contributed by atoms with van der Waals surface area (Å²) >= 11 is 0. The minimum absolute atomic E-state index is 0.0703. The van der Waals surface area contributed by atoms with Gasteiger partial charge >= 0.3 is 0 Å². The Labute approximate surface area is 138 Å². The lowest BCUT2D eigenvalue weighted by atomic mass is 9.79. The predicted octanol–water partition coefficient (Wildman–Crippen LogP) is 3.71. The van der Waals surface area contributed by atoms with E-state index >= 15 is 0 Å². The summed E-state index contributed by atoms with van der Waals surface area (Å²) in [5.74, 6) is 1.18. The van der Waals surface area contributed by atoms with Crippen LogP contribution in [0.5, 0.6) is 5.88 Å². The predicted molar refractivity (Wildman–Crippen MR) is 90.8 cm³/mol. The molecule has 0 unspecified atom stereocenters. The lowest BCUT2D eigenvalue weighted by molar-refractivity contribution is -0.142. The van der Waals surface area contributed by atoms with Crippen LogP contribution < -0.4 is 10.1 Å². The van der Waals surface area contributed by atoms with Crippen LogP contribution in [-0.4, -0.2) is 30.2 Å². The van der Waals surface area contributed by atoms with Gasteiger partial charge in [0.1, 0.15) is 5.60 Å². The smallest absolute Gasteiger partial charge is 0.256 e. The zero-order valence-corrected chi connectivity index (χ0v) is 14.6. The number of nitrogens with zero attached hydrogens (tertiary/aromatic N) is 1. The minimum atomic E-state index is -0.712. The number of aryl methyl sites for hydroxylation is 1. The monoisotopic (exact) mass is 320 g/mol. The molecule has 1 aliphatic carbocycles. The number of hydrogen-bond acceptors (Lipinski definition) is 4. The second kappa shape index (κ2) is 7.77. The van der Waals surface area contributed by atoms with Gasteiger partial charge in [-0.2, -0.15) is 0 Å². The molecular weight excluding hydrogens is 292 g/mol. The fourth-order valence-corrected chi connectivity index (χ4v) is 2.95. The average Bonchev–Trinajstić information content (AvgIpc) is 2.56. The van der Waals surface area contributed by atoms with E-state index in [1.54, 1.807) is 13.2 Å². The molecule has 1 N–H and O–H groups in total. The highest BCUT2D eigenvalue weighted by atomic mass is 16.5. The Morgan fingerprint density at radius 2 is 2.09 bits per heavy atom. The maximum atomic E-state index is 12.7. The lowest BCUT2D eigenvalue weighted by Crippen LogP contribution is -2.47. The van der Waals surface area contributed by atoms with Gasteiger partial charge in [-0.05, 0) is 51.0 Å². The first-order chi connectivity index (χ1) is 11.0. The summed E-state index contributed by atoms with van der Waals surface area (Å²) in [6.45, 7) is 6.79. The van der Waals surface area contributed by atoms with Crippen molar-refractivity contribution in [2.75, 3.05) is 19.0 Å². The molecule has 2 rings (SSSR count). The van der Waals surface area contributed by atoms with E-state index in [2.05, 4.69) is 24.1 Å². The molecule has 0 saturated heterocycles. The number of hydrogen-bond donors (Lipinski definition) is 1. The molecule has 0 atom stereocenters. The molecular formula is C18H28N2O3. The Morgan fingerprint density at radius 3 is 2.65 bits per heavy atom. The molecule has 0 spiro atoms. The van der Waals surface area contributed by atoms with Gasteiger partial charge in [-0.15, -0.1) is 0 Å². The quantitative estimate of drug-likeness (QED) is 0.868. The lowest BCUT2D eigenvalue weighted by Gasteiger charge is -2.36. The van der Waals surface area contributed by atoms with E-state index in [1.807, 2.05) is 13.0 Å². The van der Waals surface area contributed by atoms with E-state index in [0.29, 0.717) is 24.1 Å². The standard InChI is InChI=1S/C18H28N2O3/c1-5-12-23-16-7-6-15(14(3)19-16)20-17(21)18(22-4)10-8-13(2)9-11-18/h6-7,13H,5,8-12H2,1-4H3,(H,20,21). The summed E-state index contributed by atoms with van der Waals surface area (Å²) < 4.78 is 11.1. The van der Waals surface area contributed by atoms with E-state index in [-0.39, 0.29) is 5.91 Å². The van der Waals surface area contributed by atoms with Gasteiger partial charge in [-0.25, -0.2) is 4.98 Å². The van der Waals surface area contributed by atoms with Crippen LogP contribution in [0.4, 0.5) is 5.69 Å². The van der Waals surface area contributed by atoms with Crippen molar-refractivity contribution in [2.45, 2.75) is 58.5 Å². The van der Waals surface area contributed by atoms with Gasteiger partial charge in [0.15, 0.2) is 0 Å². The number of aromatic nitrogens is 1. The first-order valence-electron chi connectivity index (χ1n) is 8.48. The van der Waals surface area contributed by atoms with Gasteiger partial charge in [0, 0.05) is 13.2 Å². The van der Waals surface area contributed by atoms with Crippen molar-refractivity contribution in [2.24, 2.45) is 5.92 Å². The summed E-state index contributed by atoms with van der Waals surface area (Å²) in [4.78, 5) is 17.1. The van der Waals surface area contributed by atoms with Crippen molar-refractivity contribution in [1.29, 1.82) is 0 Å². The fraction of sp³-hybridized carbons (Fsp3) is 0.667. The number of carbonyl (C=O) groups excluding carboxylic acids is 1. The number of pyridine rings is 1. The van der Waals surface area contributed by atoms with Gasteiger partial charge in [0.2, 0.25) is 5.88 Å². The SMILES string of the molecule is CCCOc1ccc(NC(=O)C2(OC)CCC(C)CC2)c(C)n1. The summed E-state index contributed by atoms with van der Waals surface area (Å²) in [5.41, 5.74) is 0.757. The maximum Gasteiger partial charge on any atom is 0.256 e. The Bertz CT molecular complexity index is 537. The summed E-state index contributed by atoms with van der Waals surface area (Å²) in [5, 5.41) is 2.99. The van der Waals surface area contributed by atoms with Crippen LogP contribution in [0.15, 0.2) is 12.1 Å². The van der Waals surface area contributed by atoms with Crippen LogP contribution in [-0.2, 0) is 9.53 Å². The van der Waals surface area contributed by atoms with Crippen molar-refractivity contribution >= 4 is 11.6 Å². The molecule has 1 aromatic heterocycles. The number of carbonyl (C=O) groups is 1. The maximum absolute atomic E-state index is 12.7. The van der Waals surface area contributed by atoms with E-state index in [9.17, 15) is 4.79 Å². The fourth-order valence-electron chi connectivity index (χ4n) is 2.95.